The molecule has 32 heavy (non-hydrogen) atoms. The largest absolute Gasteiger partial charge is 0.489 e. The highest BCUT2D eigenvalue weighted by Crippen LogP contribution is 2.27. The molecular weight excluding hydrogens is 406 g/mol. The summed E-state index contributed by atoms with van der Waals surface area (Å²) in [5.74, 6) is 1.61. The topological polar surface area (TPSA) is 73.2 Å². The molecular formula is C25H25N3O4. The average Bonchev–Trinajstić information content (AvgIpc) is 3.30. The van der Waals surface area contributed by atoms with Gasteiger partial charge in [-0.15, -0.1) is 0 Å². The minimum atomic E-state index is -0.596. The van der Waals surface area contributed by atoms with Crippen molar-refractivity contribution in [2.24, 2.45) is 4.99 Å². The molecule has 0 radical (unpaired) electrons. The van der Waals surface area contributed by atoms with Gasteiger partial charge in [-0.05, 0) is 42.8 Å². The first kappa shape index (κ1) is 21.4. The smallest absolute Gasteiger partial charge is 0.332 e. The van der Waals surface area contributed by atoms with Crippen LogP contribution >= 0.6 is 0 Å². The second-order valence-corrected chi connectivity index (χ2v) is 7.19. The van der Waals surface area contributed by atoms with Gasteiger partial charge in [0.25, 0.3) is 0 Å². The second-order valence-electron chi connectivity index (χ2n) is 7.19. The molecule has 0 spiro atoms. The van der Waals surface area contributed by atoms with Gasteiger partial charge in [-0.3, -0.25) is 4.99 Å². The summed E-state index contributed by atoms with van der Waals surface area (Å²) in [4.78, 5) is 23.3. The van der Waals surface area contributed by atoms with E-state index >= 15 is 0 Å². The van der Waals surface area contributed by atoms with Crippen molar-refractivity contribution in [2.45, 2.75) is 19.6 Å². The molecule has 0 N–H and O–H groups in total. The van der Waals surface area contributed by atoms with Crippen LogP contribution in [-0.4, -0.2) is 43.1 Å². The Morgan fingerprint density at radius 1 is 1.06 bits per heavy atom. The lowest BCUT2D eigenvalue weighted by molar-refractivity contribution is -0.144. The van der Waals surface area contributed by atoms with Gasteiger partial charge in [-0.2, -0.15) is 0 Å². The van der Waals surface area contributed by atoms with Gasteiger partial charge in [0, 0.05) is 23.5 Å². The van der Waals surface area contributed by atoms with Crippen molar-refractivity contribution in [3.05, 3.63) is 84.1 Å². The molecule has 2 aromatic carbocycles. The lowest BCUT2D eigenvalue weighted by Crippen LogP contribution is -2.32. The van der Waals surface area contributed by atoms with Crippen LogP contribution in [0.5, 0.6) is 11.6 Å². The lowest BCUT2D eigenvalue weighted by Gasteiger charge is -2.21. The molecule has 0 fully saturated rings. The fraction of sp³-hybridized carbons (Fsp3) is 0.240. The molecule has 0 saturated heterocycles. The molecule has 1 unspecified atom stereocenters. The van der Waals surface area contributed by atoms with Gasteiger partial charge in [0.1, 0.15) is 18.2 Å². The predicted molar refractivity (Wildman–Crippen MR) is 122 cm³/mol. The number of nitrogens with zero attached hydrogens (tertiary/aromatic N) is 3. The summed E-state index contributed by atoms with van der Waals surface area (Å²) in [6, 6.07) is 20.8. The summed E-state index contributed by atoms with van der Waals surface area (Å²) in [6.07, 6.45) is 1.69. The first-order chi connectivity index (χ1) is 15.7. The van der Waals surface area contributed by atoms with Gasteiger partial charge in [0.15, 0.2) is 6.04 Å². The molecule has 7 heteroatoms. The number of rotatable bonds is 8. The third kappa shape index (κ3) is 4.88. The van der Waals surface area contributed by atoms with E-state index in [4.69, 9.17) is 14.2 Å². The SMILES string of the molecule is CCOC(=O)C1CN(c2ccc(OCc3ccccc3)cc2)C(c2ccc(OC)nc2)=N1. The van der Waals surface area contributed by atoms with Crippen molar-refractivity contribution in [1.29, 1.82) is 0 Å². The number of methoxy groups -OCH3 is 1. The van der Waals surface area contributed by atoms with E-state index in [9.17, 15) is 4.79 Å². The number of amidine groups is 1. The van der Waals surface area contributed by atoms with Crippen LogP contribution in [0.2, 0.25) is 0 Å². The van der Waals surface area contributed by atoms with E-state index in [1.165, 1.54) is 0 Å². The maximum absolute atomic E-state index is 12.4. The summed E-state index contributed by atoms with van der Waals surface area (Å²) in [7, 11) is 1.57. The normalized spacial score (nSPS) is 15.2. The maximum atomic E-state index is 12.4. The molecule has 1 aromatic heterocycles. The molecule has 3 aromatic rings. The Bertz CT molecular complexity index is 1070. The van der Waals surface area contributed by atoms with Gasteiger partial charge in [-0.25, -0.2) is 9.78 Å². The third-order valence-corrected chi connectivity index (χ3v) is 5.05. The van der Waals surface area contributed by atoms with Crippen molar-refractivity contribution in [1.82, 2.24) is 4.98 Å². The Morgan fingerprint density at radius 3 is 2.50 bits per heavy atom. The van der Waals surface area contributed by atoms with Gasteiger partial charge < -0.3 is 19.1 Å². The van der Waals surface area contributed by atoms with Crippen LogP contribution < -0.4 is 14.4 Å². The maximum Gasteiger partial charge on any atom is 0.332 e. The van der Waals surface area contributed by atoms with Gasteiger partial charge in [-0.1, -0.05) is 30.3 Å². The fourth-order valence-corrected chi connectivity index (χ4v) is 3.44. The number of anilines is 1. The highest BCUT2D eigenvalue weighted by atomic mass is 16.5. The number of esters is 1. The summed E-state index contributed by atoms with van der Waals surface area (Å²) < 4.78 is 16.2. The zero-order valence-electron chi connectivity index (χ0n) is 18.1. The number of pyridine rings is 1. The predicted octanol–water partition coefficient (Wildman–Crippen LogP) is 3.87. The molecule has 0 saturated carbocycles. The van der Waals surface area contributed by atoms with Crippen LogP contribution in [0.3, 0.4) is 0 Å². The van der Waals surface area contributed by atoms with Crippen LogP contribution in [0.25, 0.3) is 0 Å². The number of benzene rings is 2. The monoisotopic (exact) mass is 431 g/mol. The Labute approximate surface area is 187 Å². The van der Waals surface area contributed by atoms with Crippen molar-refractivity contribution in [3.63, 3.8) is 0 Å². The number of hydrogen-bond donors (Lipinski definition) is 0. The van der Waals surface area contributed by atoms with E-state index in [1.54, 1.807) is 26.3 Å². The van der Waals surface area contributed by atoms with Crippen LogP contribution in [0, 0.1) is 0 Å². The van der Waals surface area contributed by atoms with Gasteiger partial charge in [0.05, 0.1) is 20.3 Å². The molecule has 0 amide bonds. The summed E-state index contributed by atoms with van der Waals surface area (Å²) in [5, 5.41) is 0. The first-order valence-corrected chi connectivity index (χ1v) is 10.5. The lowest BCUT2D eigenvalue weighted by atomic mass is 10.2. The van der Waals surface area contributed by atoms with Gasteiger partial charge in [0.2, 0.25) is 5.88 Å². The molecule has 7 nitrogen and oxygen atoms in total. The van der Waals surface area contributed by atoms with E-state index in [2.05, 4.69) is 9.98 Å². The number of aromatic nitrogens is 1. The van der Waals surface area contributed by atoms with Gasteiger partial charge >= 0.3 is 5.97 Å². The van der Waals surface area contributed by atoms with Crippen molar-refractivity contribution < 1.29 is 19.0 Å². The number of hydrogen-bond acceptors (Lipinski definition) is 7. The molecule has 0 bridgehead atoms. The molecule has 0 aliphatic carbocycles. The first-order valence-electron chi connectivity index (χ1n) is 10.5. The number of aliphatic imine (C=N–C) groups is 1. The number of carbonyl (C=O) groups is 1. The Hall–Kier alpha value is -3.87. The highest BCUT2D eigenvalue weighted by molar-refractivity contribution is 6.12. The Morgan fingerprint density at radius 2 is 1.84 bits per heavy atom. The van der Waals surface area contributed by atoms with Crippen molar-refractivity contribution >= 4 is 17.5 Å². The third-order valence-electron chi connectivity index (χ3n) is 5.05. The number of ether oxygens (including phenoxy) is 3. The highest BCUT2D eigenvalue weighted by Gasteiger charge is 2.33. The minimum Gasteiger partial charge on any atom is -0.489 e. The summed E-state index contributed by atoms with van der Waals surface area (Å²) in [6.45, 7) is 3.00. The Kier molecular flexibility index (Phi) is 6.65. The van der Waals surface area contributed by atoms with E-state index in [-0.39, 0.29) is 5.97 Å². The van der Waals surface area contributed by atoms with E-state index in [0.717, 1.165) is 22.6 Å². The molecule has 1 atom stereocenters. The van der Waals surface area contributed by atoms with Crippen molar-refractivity contribution in [2.75, 3.05) is 25.2 Å². The molecule has 1 aliphatic heterocycles. The molecule has 1 aliphatic rings. The average molecular weight is 431 g/mol. The molecule has 164 valence electrons. The van der Waals surface area contributed by atoms with Crippen LogP contribution in [-0.2, 0) is 16.1 Å². The zero-order chi connectivity index (χ0) is 22.3. The van der Waals surface area contributed by atoms with E-state index in [1.807, 2.05) is 65.6 Å². The number of carbonyl (C=O) groups excluding carboxylic acids is 1. The second kappa shape index (κ2) is 9.96. The van der Waals surface area contributed by atoms with Crippen LogP contribution in [0.1, 0.15) is 18.1 Å². The Balaban J connectivity index is 1.54. The fourth-order valence-electron chi connectivity index (χ4n) is 3.44. The van der Waals surface area contributed by atoms with Crippen molar-refractivity contribution in [3.8, 4) is 11.6 Å². The molecule has 2 heterocycles. The summed E-state index contributed by atoms with van der Waals surface area (Å²) in [5.41, 5.74) is 2.80. The van der Waals surface area contributed by atoms with Crippen LogP contribution in [0.4, 0.5) is 5.69 Å². The zero-order valence-corrected chi connectivity index (χ0v) is 18.1. The van der Waals surface area contributed by atoms with E-state index in [0.29, 0.717) is 31.5 Å². The van der Waals surface area contributed by atoms with E-state index < -0.39 is 6.04 Å². The quantitative estimate of drug-likeness (QED) is 0.504. The molecule has 4 rings (SSSR count). The summed E-state index contributed by atoms with van der Waals surface area (Å²) >= 11 is 0. The van der Waals surface area contributed by atoms with Crippen LogP contribution in [0.15, 0.2) is 77.9 Å². The minimum absolute atomic E-state index is 0.317. The standard InChI is InChI=1S/C25H25N3O4/c1-3-31-25(29)22-16-28(24(27-22)19-9-14-23(30-2)26-15-19)20-10-12-21(13-11-20)32-17-18-7-5-4-6-8-18/h4-15,22H,3,16-17H2,1-2H3.